The molecule has 1 heterocycles. The van der Waals surface area contributed by atoms with Gasteiger partial charge in [0, 0.05) is 40.2 Å². The van der Waals surface area contributed by atoms with Gasteiger partial charge in [-0.15, -0.1) is 0 Å². The molecular weight excluding hydrogens is 407 g/mol. The van der Waals surface area contributed by atoms with Gasteiger partial charge in [-0.05, 0) is 49.1 Å². The lowest BCUT2D eigenvalue weighted by Crippen LogP contribution is -2.39. The molecule has 32 heavy (non-hydrogen) atoms. The molecule has 0 bridgehead atoms. The van der Waals surface area contributed by atoms with Crippen molar-refractivity contribution in [1.82, 2.24) is 5.32 Å². The van der Waals surface area contributed by atoms with Crippen molar-refractivity contribution in [1.29, 1.82) is 0 Å². The van der Waals surface area contributed by atoms with Crippen molar-refractivity contribution in [3.63, 3.8) is 0 Å². The number of para-hydroxylation sites is 1. The summed E-state index contributed by atoms with van der Waals surface area (Å²) in [7, 11) is 1.58. The third-order valence-electron chi connectivity index (χ3n) is 6.04. The number of Topliss-reactive ketones (excluding diaryl/α,β-unsaturated/α-hetero) is 1. The van der Waals surface area contributed by atoms with Gasteiger partial charge >= 0.3 is 0 Å². The largest absolute Gasteiger partial charge is 0.496 e. The molecule has 0 unspecified atom stereocenters. The van der Waals surface area contributed by atoms with Crippen LogP contribution in [0.25, 0.3) is 0 Å². The highest BCUT2D eigenvalue weighted by Gasteiger charge is 2.43. The zero-order valence-corrected chi connectivity index (χ0v) is 18.7. The number of methoxy groups -OCH3 is 1. The maximum Gasteiger partial charge on any atom is 0.254 e. The number of ketones is 1. The lowest BCUT2D eigenvalue weighted by atomic mass is 9.68. The predicted molar refractivity (Wildman–Crippen MR) is 122 cm³/mol. The van der Waals surface area contributed by atoms with Crippen molar-refractivity contribution in [2.75, 3.05) is 12.4 Å². The molecule has 0 aromatic heterocycles. The number of amides is 1. The molecule has 2 aromatic carbocycles. The van der Waals surface area contributed by atoms with Crippen molar-refractivity contribution in [2.24, 2.45) is 5.41 Å². The summed E-state index contributed by atoms with van der Waals surface area (Å²) in [5.74, 6) is -0.647. The summed E-state index contributed by atoms with van der Waals surface area (Å²) in [5.41, 5.74) is 3.69. The molecule has 0 spiro atoms. The summed E-state index contributed by atoms with van der Waals surface area (Å²) in [6.07, 6.45) is 1.12. The number of ether oxygens (including phenoxy) is 1. The standard InChI is InChI=1S/C26H27FN2O3/c1-15-22(25(31)29-17-11-9-16(27)10-12-17)23(18-7-5-6-8-21(18)32-4)24-19(28-15)13-26(2,3)14-20(24)30/h5-12,23,28H,13-14H2,1-4H3,(H,29,31)/t23-/m1/s1. The van der Waals surface area contributed by atoms with Crippen molar-refractivity contribution < 1.29 is 18.7 Å². The van der Waals surface area contributed by atoms with Crippen LogP contribution >= 0.6 is 0 Å². The fraction of sp³-hybridized carbons (Fsp3) is 0.308. The summed E-state index contributed by atoms with van der Waals surface area (Å²) in [6, 6.07) is 13.1. The number of hydrogen-bond donors (Lipinski definition) is 2. The topological polar surface area (TPSA) is 67.4 Å². The van der Waals surface area contributed by atoms with E-state index in [1.54, 1.807) is 7.11 Å². The normalized spacial score (nSPS) is 19.9. The first kappa shape index (κ1) is 21.8. The minimum Gasteiger partial charge on any atom is -0.496 e. The number of rotatable bonds is 4. The molecule has 0 saturated heterocycles. The molecule has 2 aromatic rings. The van der Waals surface area contributed by atoms with E-state index in [1.807, 2.05) is 31.2 Å². The quantitative estimate of drug-likeness (QED) is 0.705. The van der Waals surface area contributed by atoms with Crippen LogP contribution in [-0.2, 0) is 9.59 Å². The fourth-order valence-corrected chi connectivity index (χ4v) is 4.68. The van der Waals surface area contributed by atoms with Crippen LogP contribution in [0.1, 0.15) is 45.1 Å². The molecule has 1 amide bonds. The van der Waals surface area contributed by atoms with E-state index in [0.29, 0.717) is 41.1 Å². The van der Waals surface area contributed by atoms with E-state index in [4.69, 9.17) is 4.74 Å². The number of dihydropyridines is 1. The highest BCUT2D eigenvalue weighted by atomic mass is 19.1. The third-order valence-corrected chi connectivity index (χ3v) is 6.04. The van der Waals surface area contributed by atoms with Crippen LogP contribution < -0.4 is 15.4 Å². The van der Waals surface area contributed by atoms with Gasteiger partial charge in [0.1, 0.15) is 11.6 Å². The second-order valence-electron chi connectivity index (χ2n) is 9.13. The van der Waals surface area contributed by atoms with E-state index in [1.165, 1.54) is 24.3 Å². The number of carbonyl (C=O) groups is 2. The number of hydrogen-bond acceptors (Lipinski definition) is 4. The summed E-state index contributed by atoms with van der Waals surface area (Å²) >= 11 is 0. The first-order valence-electron chi connectivity index (χ1n) is 10.6. The predicted octanol–water partition coefficient (Wildman–Crippen LogP) is 5.08. The second-order valence-corrected chi connectivity index (χ2v) is 9.13. The maximum atomic E-state index is 13.5. The highest BCUT2D eigenvalue weighted by molar-refractivity contribution is 6.10. The molecule has 2 N–H and O–H groups in total. The lowest BCUT2D eigenvalue weighted by Gasteiger charge is -2.40. The molecule has 2 aliphatic rings. The number of allylic oxidation sites excluding steroid dienone is 3. The Kier molecular flexibility index (Phi) is 5.63. The summed E-state index contributed by atoms with van der Waals surface area (Å²) < 4.78 is 18.9. The molecule has 0 radical (unpaired) electrons. The first-order chi connectivity index (χ1) is 15.2. The van der Waals surface area contributed by atoms with Gasteiger partial charge < -0.3 is 15.4 Å². The Morgan fingerprint density at radius 1 is 1.12 bits per heavy atom. The van der Waals surface area contributed by atoms with Crippen molar-refractivity contribution in [2.45, 2.75) is 39.5 Å². The van der Waals surface area contributed by atoms with E-state index in [-0.39, 0.29) is 22.9 Å². The maximum absolute atomic E-state index is 13.5. The zero-order chi connectivity index (χ0) is 23.0. The summed E-state index contributed by atoms with van der Waals surface area (Å²) in [5, 5.41) is 6.20. The van der Waals surface area contributed by atoms with Gasteiger partial charge in [-0.25, -0.2) is 4.39 Å². The van der Waals surface area contributed by atoms with Crippen LogP contribution in [0.5, 0.6) is 5.75 Å². The molecule has 5 nitrogen and oxygen atoms in total. The zero-order valence-electron chi connectivity index (χ0n) is 18.7. The molecule has 1 aliphatic carbocycles. The Hall–Kier alpha value is -3.41. The van der Waals surface area contributed by atoms with E-state index >= 15 is 0 Å². The Labute approximate surface area is 187 Å². The van der Waals surface area contributed by atoms with Gasteiger partial charge in [-0.3, -0.25) is 9.59 Å². The summed E-state index contributed by atoms with van der Waals surface area (Å²) in [4.78, 5) is 26.8. The number of carbonyl (C=O) groups excluding carboxylic acids is 2. The van der Waals surface area contributed by atoms with Crippen LogP contribution in [0.4, 0.5) is 10.1 Å². The van der Waals surface area contributed by atoms with Crippen LogP contribution in [0.3, 0.4) is 0 Å². The molecule has 1 aliphatic heterocycles. The van der Waals surface area contributed by atoms with Crippen molar-refractivity contribution >= 4 is 17.4 Å². The third kappa shape index (κ3) is 4.05. The molecule has 6 heteroatoms. The van der Waals surface area contributed by atoms with Gasteiger partial charge in [-0.1, -0.05) is 32.0 Å². The number of nitrogens with one attached hydrogen (secondary N) is 2. The Bertz CT molecular complexity index is 1150. The van der Waals surface area contributed by atoms with Crippen molar-refractivity contribution in [3.05, 3.63) is 82.5 Å². The van der Waals surface area contributed by atoms with Gasteiger partial charge in [-0.2, -0.15) is 0 Å². The van der Waals surface area contributed by atoms with E-state index < -0.39 is 5.92 Å². The number of anilines is 1. The molecule has 166 valence electrons. The minimum absolute atomic E-state index is 0.0271. The molecule has 0 saturated carbocycles. The van der Waals surface area contributed by atoms with E-state index in [2.05, 4.69) is 24.5 Å². The van der Waals surface area contributed by atoms with Crippen LogP contribution in [0.2, 0.25) is 0 Å². The number of benzene rings is 2. The average Bonchev–Trinajstić information content (AvgIpc) is 2.73. The second kappa shape index (κ2) is 8.26. The minimum atomic E-state index is -0.563. The van der Waals surface area contributed by atoms with E-state index in [0.717, 1.165) is 11.3 Å². The Morgan fingerprint density at radius 3 is 2.50 bits per heavy atom. The lowest BCUT2D eigenvalue weighted by molar-refractivity contribution is -0.118. The molecule has 4 rings (SSSR count). The van der Waals surface area contributed by atoms with Crippen LogP contribution in [0.15, 0.2) is 71.1 Å². The SMILES string of the molecule is COc1ccccc1[C@@H]1C(C(=O)Nc2ccc(F)cc2)=C(C)NC2=C1C(=O)CC(C)(C)C2. The van der Waals surface area contributed by atoms with Gasteiger partial charge in [0.25, 0.3) is 5.91 Å². The fourth-order valence-electron chi connectivity index (χ4n) is 4.68. The molecular formula is C26H27FN2O3. The molecule has 1 atom stereocenters. The monoisotopic (exact) mass is 434 g/mol. The first-order valence-corrected chi connectivity index (χ1v) is 10.6. The summed E-state index contributed by atoms with van der Waals surface area (Å²) in [6.45, 7) is 5.99. The Morgan fingerprint density at radius 2 is 1.81 bits per heavy atom. The van der Waals surface area contributed by atoms with Gasteiger partial charge in [0.2, 0.25) is 0 Å². The van der Waals surface area contributed by atoms with E-state index in [9.17, 15) is 14.0 Å². The number of halogens is 1. The average molecular weight is 435 g/mol. The van der Waals surface area contributed by atoms with Crippen LogP contribution in [-0.4, -0.2) is 18.8 Å². The molecule has 0 fully saturated rings. The van der Waals surface area contributed by atoms with Gasteiger partial charge in [0.05, 0.1) is 13.0 Å². The van der Waals surface area contributed by atoms with Crippen LogP contribution in [0, 0.1) is 11.2 Å². The smallest absolute Gasteiger partial charge is 0.254 e. The highest BCUT2D eigenvalue weighted by Crippen LogP contribution is 2.48. The van der Waals surface area contributed by atoms with Gasteiger partial charge in [0.15, 0.2) is 5.78 Å². The Balaban J connectivity index is 1.83. The van der Waals surface area contributed by atoms with Crippen molar-refractivity contribution in [3.8, 4) is 5.75 Å².